The highest BCUT2D eigenvalue weighted by Gasteiger charge is 2.35. The molecule has 8 heteroatoms. The van der Waals surface area contributed by atoms with Crippen LogP contribution in [-0.2, 0) is 9.53 Å². The van der Waals surface area contributed by atoms with E-state index in [1.165, 1.54) is 5.56 Å². The molecule has 1 saturated heterocycles. The quantitative estimate of drug-likeness (QED) is 0.632. The molecule has 0 bridgehead atoms. The first kappa shape index (κ1) is 24.7. The number of piperazine rings is 1. The highest BCUT2D eigenvalue weighted by atomic mass is 16.6. The Morgan fingerprint density at radius 1 is 1.03 bits per heavy atom. The monoisotopic (exact) mass is 478 g/mol. The van der Waals surface area contributed by atoms with E-state index >= 15 is 0 Å². The lowest BCUT2D eigenvalue weighted by molar-refractivity contribution is -0.134. The molecule has 2 amide bonds. The van der Waals surface area contributed by atoms with Crippen LogP contribution in [0.15, 0.2) is 47.6 Å². The van der Waals surface area contributed by atoms with Crippen molar-refractivity contribution in [2.75, 3.05) is 46.4 Å². The van der Waals surface area contributed by atoms with Crippen LogP contribution in [0.4, 0.5) is 4.79 Å². The fourth-order valence-corrected chi connectivity index (χ4v) is 4.60. The maximum Gasteiger partial charge on any atom is 0.409 e. The third kappa shape index (κ3) is 5.65. The molecule has 1 fully saturated rings. The standard InChI is InChI=1S/C27H34N4O4/c1-5-35-27(33)30-14-12-29(13-15-30)18-26(32)31-25(21-8-10-22(34-4)11-9-21)17-24(28-31)23-16-19(2)6-7-20(23)3/h6-11,16,25H,5,12-15,17-18H2,1-4H3. The van der Waals surface area contributed by atoms with E-state index in [-0.39, 0.29) is 24.6 Å². The second-order valence-corrected chi connectivity index (χ2v) is 9.06. The van der Waals surface area contributed by atoms with Crippen LogP contribution in [-0.4, -0.2) is 79.0 Å². The Kier molecular flexibility index (Phi) is 7.70. The molecule has 4 rings (SSSR count). The number of carbonyl (C=O) groups is 2. The number of benzene rings is 2. The average Bonchev–Trinajstić information content (AvgIpc) is 3.31. The molecule has 2 aliphatic heterocycles. The number of methoxy groups -OCH3 is 1. The maximum absolute atomic E-state index is 13.5. The van der Waals surface area contributed by atoms with Crippen molar-refractivity contribution in [3.8, 4) is 5.75 Å². The van der Waals surface area contributed by atoms with E-state index in [4.69, 9.17) is 14.6 Å². The molecule has 0 aliphatic carbocycles. The molecule has 0 radical (unpaired) electrons. The van der Waals surface area contributed by atoms with E-state index in [0.29, 0.717) is 39.2 Å². The molecule has 1 atom stereocenters. The van der Waals surface area contributed by atoms with Gasteiger partial charge < -0.3 is 14.4 Å². The third-order valence-electron chi connectivity index (χ3n) is 6.63. The van der Waals surface area contributed by atoms with E-state index in [0.717, 1.165) is 28.2 Å². The zero-order valence-corrected chi connectivity index (χ0v) is 21.0. The lowest BCUT2D eigenvalue weighted by Crippen LogP contribution is -2.51. The predicted octanol–water partition coefficient (Wildman–Crippen LogP) is 3.76. The van der Waals surface area contributed by atoms with Gasteiger partial charge in [0.1, 0.15) is 5.75 Å². The summed E-state index contributed by atoms with van der Waals surface area (Å²) in [6.45, 7) is 8.90. The van der Waals surface area contributed by atoms with E-state index in [1.54, 1.807) is 23.9 Å². The Labute approximate surface area is 207 Å². The molecule has 8 nitrogen and oxygen atoms in total. The molecule has 1 unspecified atom stereocenters. The summed E-state index contributed by atoms with van der Waals surface area (Å²) < 4.78 is 10.4. The number of rotatable bonds is 6. The number of hydrogen-bond acceptors (Lipinski definition) is 6. The summed E-state index contributed by atoms with van der Waals surface area (Å²) in [6.07, 6.45) is 0.360. The molecule has 2 aliphatic rings. The molecule has 0 saturated carbocycles. The van der Waals surface area contributed by atoms with Crippen LogP contribution in [0.2, 0.25) is 0 Å². The van der Waals surface area contributed by atoms with Crippen molar-refractivity contribution in [3.05, 3.63) is 64.7 Å². The molecule has 2 heterocycles. The molecule has 0 aromatic heterocycles. The van der Waals surface area contributed by atoms with Gasteiger partial charge in [-0.05, 0) is 50.1 Å². The minimum atomic E-state index is -0.291. The van der Waals surface area contributed by atoms with Gasteiger partial charge in [-0.15, -0.1) is 0 Å². The number of hydrazone groups is 1. The number of amides is 2. The van der Waals surface area contributed by atoms with Crippen LogP contribution in [0.1, 0.15) is 41.6 Å². The van der Waals surface area contributed by atoms with Crippen LogP contribution in [0, 0.1) is 13.8 Å². The molecule has 0 spiro atoms. The van der Waals surface area contributed by atoms with Gasteiger partial charge in [0, 0.05) is 38.2 Å². The highest BCUT2D eigenvalue weighted by Crippen LogP contribution is 2.34. The van der Waals surface area contributed by atoms with Crippen molar-refractivity contribution in [1.29, 1.82) is 0 Å². The zero-order chi connectivity index (χ0) is 24.9. The van der Waals surface area contributed by atoms with Gasteiger partial charge in [-0.3, -0.25) is 9.69 Å². The van der Waals surface area contributed by atoms with Gasteiger partial charge in [0.25, 0.3) is 5.91 Å². The average molecular weight is 479 g/mol. The van der Waals surface area contributed by atoms with Crippen molar-refractivity contribution in [2.24, 2.45) is 5.10 Å². The predicted molar refractivity (Wildman–Crippen MR) is 135 cm³/mol. The highest BCUT2D eigenvalue weighted by molar-refractivity contribution is 6.04. The lowest BCUT2D eigenvalue weighted by Gasteiger charge is -2.34. The van der Waals surface area contributed by atoms with Gasteiger partial charge in [-0.2, -0.15) is 5.10 Å². The molecule has 2 aromatic rings. The first-order valence-electron chi connectivity index (χ1n) is 12.1. The Morgan fingerprint density at radius 2 is 1.74 bits per heavy atom. The van der Waals surface area contributed by atoms with E-state index < -0.39 is 0 Å². The summed E-state index contributed by atoms with van der Waals surface area (Å²) in [4.78, 5) is 29.3. The van der Waals surface area contributed by atoms with E-state index in [9.17, 15) is 9.59 Å². The normalized spacial score (nSPS) is 18.4. The van der Waals surface area contributed by atoms with Gasteiger partial charge in [-0.1, -0.05) is 29.8 Å². The minimum Gasteiger partial charge on any atom is -0.497 e. The second kappa shape index (κ2) is 10.9. The second-order valence-electron chi connectivity index (χ2n) is 9.06. The fraction of sp³-hybridized carbons (Fsp3) is 0.444. The number of carbonyl (C=O) groups excluding carboxylic acids is 2. The number of aryl methyl sites for hydroxylation is 2. The molecule has 0 N–H and O–H groups in total. The zero-order valence-electron chi connectivity index (χ0n) is 21.0. The lowest BCUT2D eigenvalue weighted by atomic mass is 9.95. The smallest absolute Gasteiger partial charge is 0.409 e. The molecule has 186 valence electrons. The van der Waals surface area contributed by atoms with Crippen LogP contribution < -0.4 is 4.74 Å². The van der Waals surface area contributed by atoms with Gasteiger partial charge in [0.2, 0.25) is 0 Å². The van der Waals surface area contributed by atoms with E-state index in [2.05, 4.69) is 36.9 Å². The van der Waals surface area contributed by atoms with Crippen molar-refractivity contribution in [2.45, 2.75) is 33.2 Å². The van der Waals surface area contributed by atoms with Gasteiger partial charge in [0.15, 0.2) is 0 Å². The summed E-state index contributed by atoms with van der Waals surface area (Å²) in [7, 11) is 1.64. The van der Waals surface area contributed by atoms with Crippen molar-refractivity contribution < 1.29 is 19.1 Å². The van der Waals surface area contributed by atoms with Crippen LogP contribution >= 0.6 is 0 Å². The first-order chi connectivity index (χ1) is 16.9. The first-order valence-corrected chi connectivity index (χ1v) is 12.1. The van der Waals surface area contributed by atoms with Crippen molar-refractivity contribution >= 4 is 17.7 Å². The topological polar surface area (TPSA) is 74.7 Å². The van der Waals surface area contributed by atoms with Gasteiger partial charge in [0.05, 0.1) is 32.0 Å². The summed E-state index contributed by atoms with van der Waals surface area (Å²) in [5.41, 5.74) is 5.34. The van der Waals surface area contributed by atoms with Crippen molar-refractivity contribution in [3.63, 3.8) is 0 Å². The number of nitrogens with zero attached hydrogens (tertiary/aromatic N) is 4. The Bertz CT molecular complexity index is 1090. The summed E-state index contributed by atoms with van der Waals surface area (Å²) in [5, 5.41) is 6.50. The molecular weight excluding hydrogens is 444 g/mol. The number of ether oxygens (including phenoxy) is 2. The molecule has 2 aromatic carbocycles. The number of hydrogen-bond donors (Lipinski definition) is 0. The maximum atomic E-state index is 13.5. The summed E-state index contributed by atoms with van der Waals surface area (Å²) in [6, 6.07) is 14.0. The Morgan fingerprint density at radius 3 is 2.40 bits per heavy atom. The van der Waals surface area contributed by atoms with Crippen LogP contribution in [0.3, 0.4) is 0 Å². The molecule has 35 heavy (non-hydrogen) atoms. The fourth-order valence-electron chi connectivity index (χ4n) is 4.60. The van der Waals surface area contributed by atoms with Crippen LogP contribution in [0.5, 0.6) is 5.75 Å². The Balaban J connectivity index is 1.52. The van der Waals surface area contributed by atoms with Crippen LogP contribution in [0.25, 0.3) is 0 Å². The van der Waals surface area contributed by atoms with Crippen molar-refractivity contribution in [1.82, 2.24) is 14.8 Å². The Hall–Kier alpha value is -3.39. The minimum absolute atomic E-state index is 0.0456. The SMILES string of the molecule is CCOC(=O)N1CCN(CC(=O)N2N=C(c3cc(C)ccc3C)CC2c2ccc(OC)cc2)CC1. The summed E-state index contributed by atoms with van der Waals surface area (Å²) in [5.74, 6) is 0.732. The molecular formula is C27H34N4O4. The third-order valence-corrected chi connectivity index (χ3v) is 6.63. The largest absolute Gasteiger partial charge is 0.497 e. The van der Waals surface area contributed by atoms with Gasteiger partial charge in [-0.25, -0.2) is 9.80 Å². The van der Waals surface area contributed by atoms with E-state index in [1.807, 2.05) is 24.3 Å². The van der Waals surface area contributed by atoms with Gasteiger partial charge >= 0.3 is 6.09 Å². The summed E-state index contributed by atoms with van der Waals surface area (Å²) >= 11 is 0.